The Balaban J connectivity index is 1.41. The fourth-order valence-electron chi connectivity index (χ4n) is 4.58. The number of furan rings is 1. The number of fused-ring (bicyclic) bond motifs is 2. The van der Waals surface area contributed by atoms with Crippen molar-refractivity contribution in [2.75, 3.05) is 0 Å². The molecule has 0 saturated carbocycles. The van der Waals surface area contributed by atoms with Crippen molar-refractivity contribution in [3.63, 3.8) is 0 Å². The van der Waals surface area contributed by atoms with Crippen molar-refractivity contribution in [3.05, 3.63) is 108 Å². The lowest BCUT2D eigenvalue weighted by Crippen LogP contribution is -2.56. The molecule has 0 saturated heterocycles. The molecule has 35 heavy (non-hydrogen) atoms. The zero-order valence-electron chi connectivity index (χ0n) is 20.4. The van der Waals surface area contributed by atoms with E-state index in [1.165, 1.54) is 5.56 Å². The van der Waals surface area contributed by atoms with Gasteiger partial charge in [-0.1, -0.05) is 66.2 Å². The molecule has 0 aliphatic heterocycles. The summed E-state index contributed by atoms with van der Waals surface area (Å²) in [4.78, 5) is 17.1. The molecule has 0 radical (unpaired) electrons. The van der Waals surface area contributed by atoms with Gasteiger partial charge < -0.3 is 14.7 Å². The minimum atomic E-state index is -0.858. The van der Waals surface area contributed by atoms with E-state index in [0.717, 1.165) is 38.8 Å². The van der Waals surface area contributed by atoms with Crippen LogP contribution in [-0.2, 0) is 17.8 Å². The number of rotatable bonds is 8. The van der Waals surface area contributed by atoms with Crippen LogP contribution in [0.25, 0.3) is 21.9 Å². The fraction of sp³-hybridized carbons (Fsp3) is 0.233. The summed E-state index contributed by atoms with van der Waals surface area (Å²) in [7, 11) is 0. The Bertz CT molecular complexity index is 1430. The highest BCUT2D eigenvalue weighted by atomic mass is 16.3. The van der Waals surface area contributed by atoms with Gasteiger partial charge in [0, 0.05) is 28.9 Å². The van der Waals surface area contributed by atoms with Gasteiger partial charge in [-0.3, -0.25) is 10.1 Å². The predicted octanol–water partition coefficient (Wildman–Crippen LogP) is 6.19. The Labute approximate surface area is 205 Å². The normalized spacial score (nSPS) is 14.1. The SMILES string of the molecule is Cc1ccc(C(C)NC(=O)C(C)(Cc2c[nH]c3ccccc23)NCc2cc3ccccc3o2)cc1. The second-order valence-corrected chi connectivity index (χ2v) is 9.58. The summed E-state index contributed by atoms with van der Waals surface area (Å²) in [6.45, 7) is 6.50. The number of hydrogen-bond acceptors (Lipinski definition) is 3. The molecule has 2 unspecified atom stereocenters. The molecule has 2 aromatic heterocycles. The Morgan fingerprint density at radius 3 is 2.57 bits per heavy atom. The van der Waals surface area contributed by atoms with E-state index in [4.69, 9.17) is 4.42 Å². The topological polar surface area (TPSA) is 70.1 Å². The lowest BCUT2D eigenvalue weighted by atomic mass is 9.90. The number of nitrogens with one attached hydrogen (secondary N) is 3. The highest BCUT2D eigenvalue weighted by molar-refractivity contribution is 5.89. The molecule has 3 N–H and O–H groups in total. The second-order valence-electron chi connectivity index (χ2n) is 9.58. The van der Waals surface area contributed by atoms with Gasteiger partial charge in [0.05, 0.1) is 18.1 Å². The van der Waals surface area contributed by atoms with Crippen molar-refractivity contribution in [3.8, 4) is 0 Å². The molecule has 2 heterocycles. The zero-order valence-corrected chi connectivity index (χ0v) is 20.4. The third-order valence-corrected chi connectivity index (χ3v) is 6.77. The number of para-hydroxylation sites is 2. The first-order valence-corrected chi connectivity index (χ1v) is 12.1. The van der Waals surface area contributed by atoms with Gasteiger partial charge in [-0.2, -0.15) is 0 Å². The largest absolute Gasteiger partial charge is 0.460 e. The van der Waals surface area contributed by atoms with E-state index in [1.807, 2.05) is 62.5 Å². The summed E-state index contributed by atoms with van der Waals surface area (Å²) in [5.74, 6) is 0.753. The minimum Gasteiger partial charge on any atom is -0.460 e. The van der Waals surface area contributed by atoms with Crippen molar-refractivity contribution in [2.24, 2.45) is 0 Å². The third kappa shape index (κ3) is 4.86. The molecule has 0 bridgehead atoms. The van der Waals surface area contributed by atoms with Gasteiger partial charge in [0.25, 0.3) is 0 Å². The molecular formula is C30H31N3O2. The highest BCUT2D eigenvalue weighted by Gasteiger charge is 2.35. The molecule has 0 aliphatic rings. The van der Waals surface area contributed by atoms with E-state index in [-0.39, 0.29) is 11.9 Å². The van der Waals surface area contributed by atoms with Crippen LogP contribution in [0.1, 0.15) is 42.3 Å². The summed E-state index contributed by atoms with van der Waals surface area (Å²) in [6.07, 6.45) is 2.53. The van der Waals surface area contributed by atoms with E-state index in [1.54, 1.807) is 0 Å². The average Bonchev–Trinajstić information content (AvgIpc) is 3.47. The van der Waals surface area contributed by atoms with Crippen LogP contribution in [0.2, 0.25) is 0 Å². The third-order valence-electron chi connectivity index (χ3n) is 6.77. The van der Waals surface area contributed by atoms with Crippen molar-refractivity contribution < 1.29 is 9.21 Å². The van der Waals surface area contributed by atoms with Crippen LogP contribution in [0.5, 0.6) is 0 Å². The maximum absolute atomic E-state index is 13.8. The molecule has 2 atom stereocenters. The van der Waals surface area contributed by atoms with Gasteiger partial charge in [-0.15, -0.1) is 0 Å². The number of carbonyl (C=O) groups excluding carboxylic acids is 1. The number of amides is 1. The Hall–Kier alpha value is -3.83. The lowest BCUT2D eigenvalue weighted by Gasteiger charge is -2.31. The van der Waals surface area contributed by atoms with E-state index in [2.05, 4.69) is 58.9 Å². The molecule has 3 aromatic carbocycles. The Kier molecular flexibility index (Phi) is 6.18. The summed E-state index contributed by atoms with van der Waals surface area (Å²) in [5.41, 5.74) is 4.43. The second kappa shape index (κ2) is 9.43. The Morgan fingerprint density at radius 1 is 1.03 bits per heavy atom. The monoisotopic (exact) mass is 465 g/mol. The van der Waals surface area contributed by atoms with Crippen LogP contribution in [0.15, 0.2) is 89.5 Å². The molecular weight excluding hydrogens is 434 g/mol. The van der Waals surface area contributed by atoms with Crippen LogP contribution in [0.3, 0.4) is 0 Å². The highest BCUT2D eigenvalue weighted by Crippen LogP contribution is 2.25. The number of hydrogen-bond donors (Lipinski definition) is 3. The van der Waals surface area contributed by atoms with E-state index < -0.39 is 5.54 Å². The van der Waals surface area contributed by atoms with Crippen molar-refractivity contribution in [1.82, 2.24) is 15.6 Å². The van der Waals surface area contributed by atoms with Gasteiger partial charge >= 0.3 is 0 Å². The van der Waals surface area contributed by atoms with Gasteiger partial charge in [0.15, 0.2) is 0 Å². The summed E-state index contributed by atoms with van der Waals surface area (Å²) in [5, 5.41) is 8.94. The smallest absolute Gasteiger partial charge is 0.240 e. The number of aryl methyl sites for hydroxylation is 1. The first kappa shape index (κ1) is 22.9. The number of aromatic nitrogens is 1. The number of carbonyl (C=O) groups is 1. The number of H-pyrrole nitrogens is 1. The van der Waals surface area contributed by atoms with Crippen molar-refractivity contribution in [1.29, 1.82) is 0 Å². The molecule has 1 amide bonds. The van der Waals surface area contributed by atoms with Crippen LogP contribution >= 0.6 is 0 Å². The summed E-state index contributed by atoms with van der Waals surface area (Å²) >= 11 is 0. The van der Waals surface area contributed by atoms with Crippen LogP contribution < -0.4 is 10.6 Å². The van der Waals surface area contributed by atoms with Gasteiger partial charge in [0.1, 0.15) is 11.3 Å². The molecule has 0 fully saturated rings. The first-order valence-electron chi connectivity index (χ1n) is 12.1. The lowest BCUT2D eigenvalue weighted by molar-refractivity contribution is -0.127. The molecule has 5 rings (SSSR count). The van der Waals surface area contributed by atoms with Gasteiger partial charge in [-0.05, 0) is 50.1 Å². The zero-order chi connectivity index (χ0) is 24.4. The summed E-state index contributed by atoms with van der Waals surface area (Å²) < 4.78 is 6.01. The minimum absolute atomic E-state index is 0.0491. The molecule has 0 spiro atoms. The number of benzene rings is 3. The molecule has 5 heteroatoms. The molecule has 5 aromatic rings. The van der Waals surface area contributed by atoms with Crippen molar-refractivity contribution >= 4 is 27.8 Å². The standard InChI is InChI=1S/C30H31N3O2/c1-20-12-14-22(15-13-20)21(2)33-29(34)30(3,17-24-18-31-27-10-6-5-9-26(24)27)32-19-25-16-23-8-4-7-11-28(23)35-25/h4-16,18,21,31-32H,17,19H2,1-3H3,(H,33,34). The van der Waals surface area contributed by atoms with Crippen LogP contribution in [-0.4, -0.2) is 16.4 Å². The molecule has 178 valence electrons. The van der Waals surface area contributed by atoms with Crippen LogP contribution in [0.4, 0.5) is 0 Å². The van der Waals surface area contributed by atoms with Crippen LogP contribution in [0, 0.1) is 6.92 Å². The Morgan fingerprint density at radius 2 is 1.77 bits per heavy atom. The maximum Gasteiger partial charge on any atom is 0.240 e. The van der Waals surface area contributed by atoms with E-state index >= 15 is 0 Å². The predicted molar refractivity (Wildman–Crippen MR) is 141 cm³/mol. The molecule has 0 aliphatic carbocycles. The van der Waals surface area contributed by atoms with Gasteiger partial charge in [-0.25, -0.2) is 0 Å². The maximum atomic E-state index is 13.8. The van der Waals surface area contributed by atoms with E-state index in [0.29, 0.717) is 13.0 Å². The molecule has 5 nitrogen and oxygen atoms in total. The van der Waals surface area contributed by atoms with E-state index in [9.17, 15) is 4.79 Å². The quantitative estimate of drug-likeness (QED) is 0.256. The first-order chi connectivity index (χ1) is 16.9. The summed E-state index contributed by atoms with van der Waals surface area (Å²) in [6, 6.07) is 26.3. The average molecular weight is 466 g/mol. The number of aromatic amines is 1. The fourth-order valence-corrected chi connectivity index (χ4v) is 4.58. The van der Waals surface area contributed by atoms with Crippen molar-refractivity contribution in [2.45, 2.75) is 45.3 Å². The van der Waals surface area contributed by atoms with Gasteiger partial charge in [0.2, 0.25) is 5.91 Å².